The molecule has 138 valence electrons. The monoisotopic (exact) mass is 362 g/mol. The van der Waals surface area contributed by atoms with Crippen molar-refractivity contribution in [3.8, 4) is 0 Å². The van der Waals surface area contributed by atoms with Crippen molar-refractivity contribution >= 4 is 11.9 Å². The second kappa shape index (κ2) is 2.92. The van der Waals surface area contributed by atoms with E-state index in [1.165, 1.54) is 0 Å². The zero-order valence-corrected chi connectivity index (χ0v) is 15.1. The molecule has 0 spiro atoms. The van der Waals surface area contributed by atoms with Gasteiger partial charge in [-0.2, -0.15) is 0 Å². The Kier molecular flexibility index (Phi) is 1.35. The van der Waals surface area contributed by atoms with Crippen LogP contribution in [0.15, 0.2) is 0 Å². The van der Waals surface area contributed by atoms with Gasteiger partial charge in [0.15, 0.2) is 0 Å². The van der Waals surface area contributed by atoms with Crippen LogP contribution in [0.2, 0.25) is 0 Å². The van der Waals surface area contributed by atoms with E-state index < -0.39 is 0 Å². The van der Waals surface area contributed by atoms with Crippen molar-refractivity contribution in [1.29, 1.82) is 0 Å². The Bertz CT molecular complexity index is 915. The average molecular weight is 362 g/mol. The average Bonchev–Trinajstić information content (AvgIpc) is 3.40. The van der Waals surface area contributed by atoms with Crippen molar-refractivity contribution in [2.45, 2.75) is 6.10 Å². The molecule has 0 aromatic heterocycles. The van der Waals surface area contributed by atoms with Gasteiger partial charge in [-0.3, -0.25) is 9.59 Å². The Morgan fingerprint density at radius 1 is 0.741 bits per heavy atom. The smallest absolute Gasteiger partial charge is 0.312 e. The SMILES string of the molecule is COC(=O)C12C3C4C5C6C(=O)OC7C8C5C3C3C8C5C7C7C6C4C1C7C5C32. The summed E-state index contributed by atoms with van der Waals surface area (Å²) in [7, 11) is 1.65. The molecule has 12 aliphatic rings. The van der Waals surface area contributed by atoms with Crippen molar-refractivity contribution in [2.24, 2.45) is 112 Å². The Morgan fingerprint density at radius 3 is 1.67 bits per heavy atom. The van der Waals surface area contributed by atoms with Gasteiger partial charge in [0.05, 0.1) is 18.4 Å². The summed E-state index contributed by atoms with van der Waals surface area (Å²) in [6, 6.07) is 0. The summed E-state index contributed by atoms with van der Waals surface area (Å²) in [5.74, 6) is 12.2. The lowest BCUT2D eigenvalue weighted by Crippen LogP contribution is -2.44. The highest BCUT2D eigenvalue weighted by atomic mass is 16.5. The van der Waals surface area contributed by atoms with E-state index in [0.717, 1.165) is 35.5 Å². The van der Waals surface area contributed by atoms with E-state index in [0.29, 0.717) is 65.1 Å². The zero-order valence-electron chi connectivity index (χ0n) is 15.1. The van der Waals surface area contributed by atoms with Gasteiger partial charge >= 0.3 is 11.9 Å². The van der Waals surface area contributed by atoms with E-state index in [4.69, 9.17) is 9.47 Å². The first-order valence-electron chi connectivity index (χ1n) is 11.5. The number of hydrogen-bond acceptors (Lipinski definition) is 4. The van der Waals surface area contributed by atoms with Crippen LogP contribution in [0, 0.1) is 112 Å². The van der Waals surface area contributed by atoms with Gasteiger partial charge in [0.25, 0.3) is 0 Å². The van der Waals surface area contributed by atoms with Crippen LogP contribution in [0.5, 0.6) is 0 Å². The number of esters is 2. The highest BCUT2D eigenvalue weighted by Crippen LogP contribution is 3.00. The van der Waals surface area contributed by atoms with E-state index in [9.17, 15) is 9.59 Å². The molecule has 10 saturated carbocycles. The van der Waals surface area contributed by atoms with Gasteiger partial charge in [-0.15, -0.1) is 0 Å². The van der Waals surface area contributed by atoms with Gasteiger partial charge in [-0.25, -0.2) is 0 Å². The van der Waals surface area contributed by atoms with Crippen molar-refractivity contribution in [3.63, 3.8) is 0 Å². The molecule has 12 fully saturated rings. The predicted molar refractivity (Wildman–Crippen MR) is 87.1 cm³/mol. The number of carbonyl (C=O) groups is 2. The standard InChI is InChI=1S/C23H22O4/c1-26-22(25)23-17-8-2-3-9(17)11-5-7-13(19(11)23)12-6-4(10(8)18(12)23)14(2)20(15(3)5)27-21(24)16(6)7/h2-20H,1H3. The van der Waals surface area contributed by atoms with Crippen molar-refractivity contribution in [1.82, 2.24) is 0 Å². The molecule has 0 N–H and O–H groups in total. The maximum atomic E-state index is 13.6. The van der Waals surface area contributed by atoms with Crippen molar-refractivity contribution in [3.05, 3.63) is 0 Å². The van der Waals surface area contributed by atoms with Crippen LogP contribution in [-0.4, -0.2) is 25.2 Å². The summed E-state index contributed by atoms with van der Waals surface area (Å²) < 4.78 is 12.0. The molecule has 2 saturated heterocycles. The minimum atomic E-state index is -0.126. The molecule has 27 heavy (non-hydrogen) atoms. The highest BCUT2D eigenvalue weighted by molar-refractivity contribution is 5.84. The minimum absolute atomic E-state index is 0.126. The molecule has 12 rings (SSSR count). The molecule has 2 bridgehead atoms. The van der Waals surface area contributed by atoms with E-state index in [1.807, 2.05) is 0 Å². The van der Waals surface area contributed by atoms with Crippen molar-refractivity contribution < 1.29 is 19.1 Å². The summed E-state index contributed by atoms with van der Waals surface area (Å²) >= 11 is 0. The number of fused-ring (bicyclic) bond motifs is 1. The fraction of sp³-hybridized carbons (Fsp3) is 0.913. The summed E-state index contributed by atoms with van der Waals surface area (Å²) in [4.78, 5) is 26.9. The molecular weight excluding hydrogens is 340 g/mol. The highest BCUT2D eigenvalue weighted by Gasteiger charge is 3.01. The molecule has 4 nitrogen and oxygen atoms in total. The number of hydrogen-bond donors (Lipinski definition) is 0. The van der Waals surface area contributed by atoms with Crippen LogP contribution < -0.4 is 0 Å². The van der Waals surface area contributed by atoms with Gasteiger partial charge in [0, 0.05) is 11.8 Å². The Morgan fingerprint density at radius 2 is 1.19 bits per heavy atom. The number of carbonyl (C=O) groups excluding carboxylic acids is 2. The van der Waals surface area contributed by atoms with Gasteiger partial charge in [0.2, 0.25) is 0 Å². The van der Waals surface area contributed by atoms with Crippen LogP contribution in [0.3, 0.4) is 0 Å². The lowest BCUT2D eigenvalue weighted by atomic mass is 9.66. The molecule has 16 unspecified atom stereocenters. The fourth-order valence-electron chi connectivity index (χ4n) is 15.5. The Labute approximate surface area is 156 Å². The summed E-state index contributed by atoms with van der Waals surface area (Å²) in [5.41, 5.74) is -0.126. The van der Waals surface area contributed by atoms with Crippen molar-refractivity contribution in [2.75, 3.05) is 7.11 Å². The maximum Gasteiger partial charge on any atom is 0.312 e. The quantitative estimate of drug-likeness (QED) is 0.660. The summed E-state index contributed by atoms with van der Waals surface area (Å²) in [6.45, 7) is 0. The number of methoxy groups -OCH3 is 1. The third-order valence-electron chi connectivity index (χ3n) is 13.9. The molecule has 0 radical (unpaired) electrons. The Balaban J connectivity index is 1.37. The molecule has 10 aliphatic carbocycles. The molecule has 2 heterocycles. The molecule has 0 aromatic rings. The van der Waals surface area contributed by atoms with E-state index >= 15 is 0 Å². The normalized spacial score (nSPS) is 86.3. The van der Waals surface area contributed by atoms with Gasteiger partial charge in [0.1, 0.15) is 6.10 Å². The third-order valence-corrected chi connectivity index (χ3v) is 13.9. The van der Waals surface area contributed by atoms with E-state index in [1.54, 1.807) is 7.11 Å². The lowest BCUT2D eigenvalue weighted by Gasteiger charge is -2.37. The number of ether oxygens (including phenoxy) is 2. The minimum Gasteiger partial charge on any atom is -0.469 e. The second-order valence-corrected chi connectivity index (χ2v) is 12.5. The second-order valence-electron chi connectivity index (χ2n) is 12.5. The molecule has 0 aromatic carbocycles. The Hall–Kier alpha value is -1.06. The van der Waals surface area contributed by atoms with Gasteiger partial charge in [-0.1, -0.05) is 0 Å². The zero-order chi connectivity index (χ0) is 17.0. The van der Waals surface area contributed by atoms with Crippen LogP contribution in [0.1, 0.15) is 0 Å². The largest absolute Gasteiger partial charge is 0.469 e. The first-order valence-corrected chi connectivity index (χ1v) is 11.5. The molecule has 0 amide bonds. The fourth-order valence-corrected chi connectivity index (χ4v) is 15.5. The van der Waals surface area contributed by atoms with Crippen LogP contribution in [0.25, 0.3) is 0 Å². The van der Waals surface area contributed by atoms with Crippen LogP contribution in [-0.2, 0) is 19.1 Å². The van der Waals surface area contributed by atoms with Crippen LogP contribution >= 0.6 is 0 Å². The van der Waals surface area contributed by atoms with E-state index in [-0.39, 0.29) is 29.4 Å². The molecule has 4 heteroatoms. The van der Waals surface area contributed by atoms with Crippen LogP contribution in [0.4, 0.5) is 0 Å². The first kappa shape index (κ1) is 12.5. The molecular formula is C23H22O4. The maximum absolute atomic E-state index is 13.6. The molecule has 2 aliphatic heterocycles. The summed E-state index contributed by atoms with van der Waals surface area (Å²) in [6.07, 6.45) is 0.265. The lowest BCUT2D eigenvalue weighted by molar-refractivity contribution is -0.161. The van der Waals surface area contributed by atoms with E-state index in [2.05, 4.69) is 0 Å². The first-order chi connectivity index (χ1) is 13.2. The number of rotatable bonds is 1. The third kappa shape index (κ3) is 0.700. The molecule has 16 atom stereocenters. The van der Waals surface area contributed by atoms with Gasteiger partial charge < -0.3 is 9.47 Å². The predicted octanol–water partition coefficient (Wildman–Crippen LogP) is 1.30. The topological polar surface area (TPSA) is 52.6 Å². The summed E-state index contributed by atoms with van der Waals surface area (Å²) in [5, 5.41) is 0. The van der Waals surface area contributed by atoms with Gasteiger partial charge in [-0.05, 0) is 88.8 Å².